The lowest BCUT2D eigenvalue weighted by molar-refractivity contribution is -0.137. The molecule has 0 unspecified atom stereocenters. The molecule has 1 aliphatic heterocycles. The van der Waals surface area contributed by atoms with Crippen molar-refractivity contribution in [3.63, 3.8) is 0 Å². The molecule has 39 heavy (non-hydrogen) atoms. The van der Waals surface area contributed by atoms with Crippen molar-refractivity contribution < 1.29 is 13.2 Å². The second-order valence-electron chi connectivity index (χ2n) is 9.83. The molecule has 3 heterocycles. The molecule has 0 amide bonds. The molecule has 7 nitrogen and oxygen atoms in total. The first-order chi connectivity index (χ1) is 18.6. The van der Waals surface area contributed by atoms with Crippen LogP contribution in [-0.4, -0.2) is 56.9 Å². The number of benzene rings is 2. The smallest absolute Gasteiger partial charge is 0.355 e. The molecule has 1 fully saturated rings. The Balaban J connectivity index is 1.69. The van der Waals surface area contributed by atoms with E-state index in [0.29, 0.717) is 44.9 Å². The second-order valence-corrected chi connectivity index (χ2v) is 10.7. The van der Waals surface area contributed by atoms with Gasteiger partial charge < -0.3 is 10.2 Å². The van der Waals surface area contributed by atoms with Gasteiger partial charge in [-0.2, -0.15) is 13.2 Å². The van der Waals surface area contributed by atoms with Crippen LogP contribution in [0.3, 0.4) is 0 Å². The largest absolute Gasteiger partial charge is 0.390 e. The zero-order valence-corrected chi connectivity index (χ0v) is 22.7. The van der Waals surface area contributed by atoms with Crippen LogP contribution in [0.25, 0.3) is 28.0 Å². The van der Waals surface area contributed by atoms with Crippen molar-refractivity contribution >= 4 is 34.8 Å². The Hall–Kier alpha value is -3.08. The van der Waals surface area contributed by atoms with E-state index in [4.69, 9.17) is 28.2 Å². The fourth-order valence-electron chi connectivity index (χ4n) is 4.78. The first-order valence-corrected chi connectivity index (χ1v) is 13.4. The summed E-state index contributed by atoms with van der Waals surface area (Å²) in [4.78, 5) is 20.6. The van der Waals surface area contributed by atoms with E-state index in [1.807, 2.05) is 0 Å². The van der Waals surface area contributed by atoms with E-state index in [9.17, 15) is 18.0 Å². The standard InChI is InChI=1S/C27H27Cl2F3N6O/c1-36-13-10-17(11-14-36)16-33-25-34-23(19-4-8-21(29)9-5-19)22(18-2-6-20(28)7-3-18)24-35-37(26(39)38(24)25)15-12-27(30,31)32/h2-9,17H,10-16H2,1H3,(H,33,34). The van der Waals surface area contributed by atoms with Gasteiger partial charge in [-0.25, -0.2) is 18.9 Å². The van der Waals surface area contributed by atoms with Crippen molar-refractivity contribution in [1.29, 1.82) is 0 Å². The summed E-state index contributed by atoms with van der Waals surface area (Å²) in [5, 5.41) is 8.78. The number of halogens is 5. The molecule has 206 valence electrons. The predicted octanol–water partition coefficient (Wildman–Crippen LogP) is 6.24. The van der Waals surface area contributed by atoms with Gasteiger partial charge >= 0.3 is 11.9 Å². The Kier molecular flexibility index (Phi) is 7.89. The van der Waals surface area contributed by atoms with Gasteiger partial charge in [0.1, 0.15) is 0 Å². The maximum Gasteiger partial charge on any atom is 0.390 e. The number of aryl methyl sites for hydroxylation is 1. The summed E-state index contributed by atoms with van der Waals surface area (Å²) in [7, 11) is 2.08. The molecule has 0 spiro atoms. The Morgan fingerprint density at radius 2 is 1.56 bits per heavy atom. The lowest BCUT2D eigenvalue weighted by atomic mass is 9.97. The van der Waals surface area contributed by atoms with Gasteiger partial charge in [-0.15, -0.1) is 5.10 Å². The van der Waals surface area contributed by atoms with Crippen LogP contribution in [-0.2, 0) is 6.54 Å². The van der Waals surface area contributed by atoms with Gasteiger partial charge in [-0.05, 0) is 68.7 Å². The highest BCUT2D eigenvalue weighted by Gasteiger charge is 2.29. The second kappa shape index (κ2) is 11.2. The minimum atomic E-state index is -4.43. The number of rotatable bonds is 7. The van der Waals surface area contributed by atoms with Gasteiger partial charge in [0.15, 0.2) is 5.65 Å². The topological polar surface area (TPSA) is 67.5 Å². The minimum absolute atomic E-state index is 0.204. The summed E-state index contributed by atoms with van der Waals surface area (Å²) >= 11 is 12.3. The first-order valence-electron chi connectivity index (χ1n) is 12.6. The highest BCUT2D eigenvalue weighted by atomic mass is 35.5. The summed E-state index contributed by atoms with van der Waals surface area (Å²) in [6.45, 7) is 1.90. The monoisotopic (exact) mass is 578 g/mol. The van der Waals surface area contributed by atoms with Crippen LogP contribution in [0.4, 0.5) is 19.1 Å². The molecular formula is C27H27Cl2F3N6O. The molecule has 0 radical (unpaired) electrons. The number of anilines is 1. The van der Waals surface area contributed by atoms with E-state index in [2.05, 4.69) is 22.4 Å². The van der Waals surface area contributed by atoms with Crippen molar-refractivity contribution in [2.75, 3.05) is 32.0 Å². The van der Waals surface area contributed by atoms with Gasteiger partial charge in [0.05, 0.1) is 24.2 Å². The highest BCUT2D eigenvalue weighted by Crippen LogP contribution is 2.36. The van der Waals surface area contributed by atoms with Crippen molar-refractivity contribution in [2.45, 2.75) is 32.0 Å². The minimum Gasteiger partial charge on any atom is -0.355 e. The molecule has 1 saturated heterocycles. The Morgan fingerprint density at radius 3 is 2.15 bits per heavy atom. The summed E-state index contributed by atoms with van der Waals surface area (Å²) in [5.41, 5.74) is 1.91. The summed E-state index contributed by atoms with van der Waals surface area (Å²) in [6.07, 6.45) is -3.64. The van der Waals surface area contributed by atoms with Gasteiger partial charge in [0.25, 0.3) is 0 Å². The zero-order chi connectivity index (χ0) is 27.7. The molecule has 1 aliphatic rings. The molecule has 2 aromatic carbocycles. The van der Waals surface area contributed by atoms with Gasteiger partial charge in [0.2, 0.25) is 5.95 Å². The van der Waals surface area contributed by atoms with Crippen molar-refractivity contribution in [3.05, 3.63) is 69.1 Å². The van der Waals surface area contributed by atoms with Crippen LogP contribution in [0, 0.1) is 5.92 Å². The number of nitrogens with zero attached hydrogens (tertiary/aromatic N) is 5. The molecule has 1 N–H and O–H groups in total. The summed E-state index contributed by atoms with van der Waals surface area (Å²) in [5.74, 6) is 0.596. The fourth-order valence-corrected chi connectivity index (χ4v) is 5.03. The fraction of sp³-hybridized carbons (Fsp3) is 0.370. The van der Waals surface area contributed by atoms with E-state index in [-0.39, 0.29) is 11.6 Å². The third-order valence-electron chi connectivity index (χ3n) is 6.97. The molecule has 12 heteroatoms. The quantitative estimate of drug-likeness (QED) is 0.281. The van der Waals surface area contributed by atoms with E-state index < -0.39 is 24.8 Å². The number of likely N-dealkylation sites (tertiary alicyclic amines) is 1. The molecule has 0 saturated carbocycles. The number of piperidine rings is 1. The van der Waals surface area contributed by atoms with Gasteiger partial charge in [-0.3, -0.25) is 0 Å². The zero-order valence-electron chi connectivity index (χ0n) is 21.2. The van der Waals surface area contributed by atoms with Crippen LogP contribution in [0.5, 0.6) is 0 Å². The summed E-state index contributed by atoms with van der Waals surface area (Å²) in [6, 6.07) is 14.0. The maximum absolute atomic E-state index is 13.5. The lowest BCUT2D eigenvalue weighted by Gasteiger charge is -2.29. The van der Waals surface area contributed by atoms with Crippen LogP contribution in [0.2, 0.25) is 10.0 Å². The van der Waals surface area contributed by atoms with E-state index in [0.717, 1.165) is 30.6 Å². The van der Waals surface area contributed by atoms with Crippen LogP contribution < -0.4 is 11.0 Å². The highest BCUT2D eigenvalue weighted by molar-refractivity contribution is 6.31. The Labute approximate surface area is 233 Å². The number of nitrogens with one attached hydrogen (secondary N) is 1. The average Bonchev–Trinajstić information content (AvgIpc) is 3.23. The van der Waals surface area contributed by atoms with Crippen molar-refractivity contribution in [3.8, 4) is 22.4 Å². The van der Waals surface area contributed by atoms with Crippen LogP contribution in [0.15, 0.2) is 53.3 Å². The van der Waals surface area contributed by atoms with Crippen molar-refractivity contribution in [2.24, 2.45) is 5.92 Å². The molecule has 4 aromatic rings. The van der Waals surface area contributed by atoms with Gasteiger partial charge in [-0.1, -0.05) is 47.5 Å². The number of fused-ring (bicyclic) bond motifs is 1. The normalized spacial score (nSPS) is 15.2. The maximum atomic E-state index is 13.5. The third kappa shape index (κ3) is 6.23. The molecule has 0 bridgehead atoms. The number of hydrogen-bond donors (Lipinski definition) is 1. The number of aromatic nitrogens is 4. The summed E-state index contributed by atoms with van der Waals surface area (Å²) < 4.78 is 41.3. The average molecular weight is 579 g/mol. The van der Waals surface area contributed by atoms with Crippen LogP contribution in [0.1, 0.15) is 19.3 Å². The van der Waals surface area contributed by atoms with E-state index in [1.54, 1.807) is 48.5 Å². The first kappa shape index (κ1) is 27.5. The molecular weight excluding hydrogens is 552 g/mol. The van der Waals surface area contributed by atoms with E-state index >= 15 is 0 Å². The lowest BCUT2D eigenvalue weighted by Crippen LogP contribution is -2.33. The van der Waals surface area contributed by atoms with Crippen molar-refractivity contribution in [1.82, 2.24) is 24.1 Å². The van der Waals surface area contributed by atoms with Crippen LogP contribution >= 0.6 is 23.2 Å². The Bertz CT molecular complexity index is 1510. The predicted molar refractivity (Wildman–Crippen MR) is 148 cm³/mol. The third-order valence-corrected chi connectivity index (χ3v) is 7.48. The molecule has 5 rings (SSSR count). The molecule has 0 atom stereocenters. The van der Waals surface area contributed by atoms with Gasteiger partial charge in [0, 0.05) is 22.2 Å². The molecule has 2 aromatic heterocycles. The molecule has 0 aliphatic carbocycles. The number of alkyl halides is 3. The number of hydrogen-bond acceptors (Lipinski definition) is 5. The SMILES string of the molecule is CN1CCC(CNc2nc(-c3ccc(Cl)cc3)c(-c3ccc(Cl)cc3)c3nn(CCC(F)(F)F)c(=O)n23)CC1. The Morgan fingerprint density at radius 1 is 0.974 bits per heavy atom. The van der Waals surface area contributed by atoms with E-state index in [1.165, 1.54) is 4.40 Å².